The summed E-state index contributed by atoms with van der Waals surface area (Å²) in [5, 5.41) is 13.0. The van der Waals surface area contributed by atoms with Crippen molar-refractivity contribution in [2.45, 2.75) is 64.0 Å². The molecule has 1 aliphatic carbocycles. The van der Waals surface area contributed by atoms with Crippen LogP contribution in [0.2, 0.25) is 0 Å². The Hall–Kier alpha value is -1.53. The van der Waals surface area contributed by atoms with Crippen molar-refractivity contribution in [1.82, 2.24) is 5.32 Å². The molecule has 0 radical (unpaired) electrons. The van der Waals surface area contributed by atoms with Gasteiger partial charge in [0.15, 0.2) is 0 Å². The van der Waals surface area contributed by atoms with Crippen molar-refractivity contribution in [3.63, 3.8) is 0 Å². The molecule has 1 aromatic rings. The summed E-state index contributed by atoms with van der Waals surface area (Å²) in [5.41, 5.74) is 0.921. The molecular formula is C18H26N2O. The van der Waals surface area contributed by atoms with Crippen molar-refractivity contribution in [1.29, 1.82) is 5.26 Å². The van der Waals surface area contributed by atoms with Crippen LogP contribution in [0.1, 0.15) is 51.5 Å². The molecule has 2 atom stereocenters. The Morgan fingerprint density at radius 2 is 2.10 bits per heavy atom. The van der Waals surface area contributed by atoms with Crippen LogP contribution < -0.4 is 10.1 Å². The molecule has 1 aliphatic rings. The molecule has 3 heteroatoms. The summed E-state index contributed by atoms with van der Waals surface area (Å²) in [4.78, 5) is 0. The lowest BCUT2D eigenvalue weighted by atomic mass is 9.81. The maximum Gasteiger partial charge on any atom is 0.119 e. The van der Waals surface area contributed by atoms with Gasteiger partial charge in [-0.15, -0.1) is 0 Å². The summed E-state index contributed by atoms with van der Waals surface area (Å²) in [6.07, 6.45) is 6.01. The van der Waals surface area contributed by atoms with Crippen molar-refractivity contribution in [2.24, 2.45) is 0 Å². The SMILES string of the molecule is CCCNC1(C#N)CCCC(Oc2ccc(CC)cc2)C1. The van der Waals surface area contributed by atoms with E-state index < -0.39 is 5.54 Å². The molecule has 2 unspecified atom stereocenters. The minimum Gasteiger partial charge on any atom is -0.490 e. The highest BCUT2D eigenvalue weighted by atomic mass is 16.5. The van der Waals surface area contributed by atoms with E-state index >= 15 is 0 Å². The molecule has 1 fully saturated rings. The van der Waals surface area contributed by atoms with Gasteiger partial charge in [0.2, 0.25) is 0 Å². The molecule has 3 nitrogen and oxygen atoms in total. The Balaban J connectivity index is 1.98. The van der Waals surface area contributed by atoms with Gasteiger partial charge in [-0.2, -0.15) is 5.26 Å². The van der Waals surface area contributed by atoms with Gasteiger partial charge in [-0.05, 0) is 56.3 Å². The maximum absolute atomic E-state index is 9.55. The number of rotatable bonds is 6. The Labute approximate surface area is 128 Å². The van der Waals surface area contributed by atoms with Gasteiger partial charge in [-0.25, -0.2) is 0 Å². The highest BCUT2D eigenvalue weighted by molar-refractivity contribution is 5.27. The van der Waals surface area contributed by atoms with Gasteiger partial charge >= 0.3 is 0 Å². The van der Waals surface area contributed by atoms with Crippen LogP contribution >= 0.6 is 0 Å². The summed E-state index contributed by atoms with van der Waals surface area (Å²) in [7, 11) is 0. The number of hydrogen-bond acceptors (Lipinski definition) is 3. The van der Waals surface area contributed by atoms with Gasteiger partial charge in [0, 0.05) is 6.42 Å². The summed E-state index contributed by atoms with van der Waals surface area (Å²) in [5.74, 6) is 0.918. The van der Waals surface area contributed by atoms with Crippen molar-refractivity contribution >= 4 is 0 Å². The summed E-state index contributed by atoms with van der Waals surface area (Å²) >= 11 is 0. The Morgan fingerprint density at radius 3 is 2.71 bits per heavy atom. The highest BCUT2D eigenvalue weighted by Gasteiger charge is 2.37. The van der Waals surface area contributed by atoms with Gasteiger partial charge in [-0.1, -0.05) is 26.0 Å². The quantitative estimate of drug-likeness (QED) is 0.864. The standard InChI is InChI=1S/C18H26N2O/c1-3-12-20-18(14-19)11-5-6-17(13-18)21-16-9-7-15(4-2)8-10-16/h7-10,17,20H,3-6,11-13H2,1-2H3. The molecule has 0 heterocycles. The van der Waals surface area contributed by atoms with Gasteiger partial charge < -0.3 is 4.74 Å². The van der Waals surface area contributed by atoms with Gasteiger partial charge in [0.05, 0.1) is 6.07 Å². The number of benzene rings is 1. The summed E-state index contributed by atoms with van der Waals surface area (Å²) < 4.78 is 6.10. The first kappa shape index (κ1) is 15.9. The van der Waals surface area contributed by atoms with Crippen LogP contribution in [0.5, 0.6) is 5.75 Å². The lowest BCUT2D eigenvalue weighted by Gasteiger charge is -2.36. The predicted molar refractivity (Wildman–Crippen MR) is 85.3 cm³/mol. The number of aryl methyl sites for hydroxylation is 1. The van der Waals surface area contributed by atoms with Crippen LogP contribution in [0.15, 0.2) is 24.3 Å². The molecule has 21 heavy (non-hydrogen) atoms. The first-order valence-electron chi connectivity index (χ1n) is 8.13. The molecule has 0 spiro atoms. The number of nitrogens with zero attached hydrogens (tertiary/aromatic N) is 1. The summed E-state index contributed by atoms with van der Waals surface area (Å²) in [6, 6.07) is 10.8. The van der Waals surface area contributed by atoms with Crippen molar-refractivity contribution in [3.8, 4) is 11.8 Å². The van der Waals surface area contributed by atoms with Crippen LogP contribution in [0, 0.1) is 11.3 Å². The minimum atomic E-state index is -0.401. The van der Waals surface area contributed by atoms with Crippen LogP contribution in [0.25, 0.3) is 0 Å². The zero-order chi connectivity index (χ0) is 15.1. The molecule has 1 aromatic carbocycles. The van der Waals surface area contributed by atoms with Crippen LogP contribution in [0.4, 0.5) is 0 Å². The average Bonchev–Trinajstić information content (AvgIpc) is 2.54. The van der Waals surface area contributed by atoms with E-state index in [1.807, 2.05) is 12.1 Å². The molecule has 0 bridgehead atoms. The fraction of sp³-hybridized carbons (Fsp3) is 0.611. The fourth-order valence-corrected chi connectivity index (χ4v) is 2.99. The monoisotopic (exact) mass is 286 g/mol. The number of nitrogens with one attached hydrogen (secondary N) is 1. The Bertz CT molecular complexity index is 477. The number of nitriles is 1. The minimum absolute atomic E-state index is 0.134. The van der Waals surface area contributed by atoms with E-state index in [2.05, 4.69) is 37.4 Å². The van der Waals surface area contributed by atoms with Crippen molar-refractivity contribution < 1.29 is 4.74 Å². The average molecular weight is 286 g/mol. The zero-order valence-electron chi connectivity index (χ0n) is 13.2. The van der Waals surface area contributed by atoms with E-state index in [0.717, 1.165) is 50.8 Å². The second kappa shape index (κ2) is 7.47. The molecular weight excluding hydrogens is 260 g/mol. The Morgan fingerprint density at radius 1 is 1.33 bits per heavy atom. The smallest absolute Gasteiger partial charge is 0.119 e. The first-order chi connectivity index (χ1) is 10.2. The molecule has 0 aliphatic heterocycles. The Kier molecular flexibility index (Phi) is 5.64. The van der Waals surface area contributed by atoms with Crippen LogP contribution in [0.3, 0.4) is 0 Å². The third-order valence-corrected chi connectivity index (χ3v) is 4.27. The predicted octanol–water partition coefficient (Wildman–Crippen LogP) is 3.83. The molecule has 0 saturated heterocycles. The highest BCUT2D eigenvalue weighted by Crippen LogP contribution is 2.31. The molecule has 114 valence electrons. The van der Waals surface area contributed by atoms with E-state index in [1.54, 1.807) is 0 Å². The lowest BCUT2D eigenvalue weighted by Crippen LogP contribution is -2.50. The van der Waals surface area contributed by atoms with Crippen LogP contribution in [-0.4, -0.2) is 18.2 Å². The molecule has 1 N–H and O–H groups in total. The fourth-order valence-electron chi connectivity index (χ4n) is 2.99. The normalized spacial score (nSPS) is 25.3. The van der Waals surface area contributed by atoms with E-state index in [-0.39, 0.29) is 6.10 Å². The second-order valence-electron chi connectivity index (χ2n) is 5.95. The summed E-state index contributed by atoms with van der Waals surface area (Å²) in [6.45, 7) is 5.17. The van der Waals surface area contributed by atoms with Gasteiger partial charge in [0.1, 0.15) is 17.4 Å². The van der Waals surface area contributed by atoms with E-state index in [1.165, 1.54) is 5.56 Å². The number of ether oxygens (including phenoxy) is 1. The van der Waals surface area contributed by atoms with Crippen molar-refractivity contribution in [3.05, 3.63) is 29.8 Å². The lowest BCUT2D eigenvalue weighted by molar-refractivity contribution is 0.112. The number of hydrogen-bond donors (Lipinski definition) is 1. The third-order valence-electron chi connectivity index (χ3n) is 4.27. The molecule has 0 aromatic heterocycles. The maximum atomic E-state index is 9.55. The van der Waals surface area contributed by atoms with E-state index in [9.17, 15) is 5.26 Å². The molecule has 1 saturated carbocycles. The van der Waals surface area contributed by atoms with E-state index in [4.69, 9.17) is 4.74 Å². The van der Waals surface area contributed by atoms with Gasteiger partial charge in [-0.3, -0.25) is 5.32 Å². The topological polar surface area (TPSA) is 45.0 Å². The second-order valence-corrected chi connectivity index (χ2v) is 5.95. The largest absolute Gasteiger partial charge is 0.490 e. The van der Waals surface area contributed by atoms with Crippen LogP contribution in [-0.2, 0) is 6.42 Å². The first-order valence-corrected chi connectivity index (χ1v) is 8.13. The van der Waals surface area contributed by atoms with Crippen molar-refractivity contribution in [2.75, 3.05) is 6.54 Å². The zero-order valence-corrected chi connectivity index (χ0v) is 13.2. The third kappa shape index (κ3) is 4.22. The van der Waals surface area contributed by atoms with Gasteiger partial charge in [0.25, 0.3) is 0 Å². The molecule has 2 rings (SSSR count). The molecule has 0 amide bonds. The van der Waals surface area contributed by atoms with E-state index in [0.29, 0.717) is 0 Å².